The lowest BCUT2D eigenvalue weighted by Crippen LogP contribution is -2.35. The number of rotatable bonds is 3. The van der Waals surface area contributed by atoms with Gasteiger partial charge in [0.25, 0.3) is 0 Å². The molecule has 1 aliphatic heterocycles. The summed E-state index contributed by atoms with van der Waals surface area (Å²) in [6.07, 6.45) is -0.896. The van der Waals surface area contributed by atoms with Gasteiger partial charge in [0.15, 0.2) is 17.2 Å². The zero-order chi connectivity index (χ0) is 22.3. The topological polar surface area (TPSA) is 85.4 Å². The van der Waals surface area contributed by atoms with Crippen molar-refractivity contribution in [2.24, 2.45) is 10.2 Å². The molecule has 0 radical (unpaired) electrons. The van der Waals surface area contributed by atoms with Crippen LogP contribution in [0.2, 0.25) is 0 Å². The van der Waals surface area contributed by atoms with Crippen molar-refractivity contribution in [3.63, 3.8) is 0 Å². The molecule has 0 fully saturated rings. The van der Waals surface area contributed by atoms with E-state index in [0.29, 0.717) is 11.5 Å². The zero-order valence-electron chi connectivity index (χ0n) is 18.4. The Labute approximate surface area is 181 Å². The highest BCUT2D eigenvalue weighted by molar-refractivity contribution is 5.95. The number of azo groups is 1. The fraction of sp³-hybridized carbons (Fsp3) is 0.375. The maximum atomic E-state index is 12.7. The van der Waals surface area contributed by atoms with Crippen molar-refractivity contribution >= 4 is 22.5 Å². The highest BCUT2D eigenvalue weighted by Gasteiger charge is 2.29. The van der Waals surface area contributed by atoms with E-state index in [-0.39, 0.29) is 29.6 Å². The quantitative estimate of drug-likeness (QED) is 0.552. The molecule has 162 valence electrons. The molecule has 1 N–H and O–H groups in total. The molecule has 1 amide bonds. The molecule has 2 aromatic carbocycles. The predicted molar refractivity (Wildman–Crippen MR) is 119 cm³/mol. The summed E-state index contributed by atoms with van der Waals surface area (Å²) in [6, 6.07) is 13.3. The zero-order valence-corrected chi connectivity index (χ0v) is 18.4. The summed E-state index contributed by atoms with van der Waals surface area (Å²) < 4.78 is 13.4. The number of hydrogen-bond acceptors (Lipinski definition) is 5. The van der Waals surface area contributed by atoms with Crippen molar-refractivity contribution < 1.29 is 19.4 Å². The summed E-state index contributed by atoms with van der Waals surface area (Å²) in [7, 11) is 0. The molecule has 7 nitrogen and oxygen atoms in total. The highest BCUT2D eigenvalue weighted by Crippen LogP contribution is 2.41. The van der Waals surface area contributed by atoms with Crippen LogP contribution in [0, 0.1) is 0 Å². The minimum Gasteiger partial charge on any atom is -0.493 e. The van der Waals surface area contributed by atoms with Crippen LogP contribution in [0.25, 0.3) is 10.9 Å². The van der Waals surface area contributed by atoms with Crippen molar-refractivity contribution in [3.05, 3.63) is 48.0 Å². The molecule has 4 rings (SSSR count). The minimum absolute atomic E-state index is 0.0197. The van der Waals surface area contributed by atoms with Gasteiger partial charge in [-0.15, -0.1) is 10.2 Å². The Kier molecular flexibility index (Phi) is 5.21. The van der Waals surface area contributed by atoms with Crippen LogP contribution in [0.1, 0.15) is 46.2 Å². The Bertz CT molecular complexity index is 1170. The molecule has 0 spiro atoms. The molecule has 0 unspecified atom stereocenters. The van der Waals surface area contributed by atoms with Gasteiger partial charge in [0.2, 0.25) is 12.0 Å². The van der Waals surface area contributed by atoms with Crippen LogP contribution < -0.4 is 9.47 Å². The monoisotopic (exact) mass is 421 g/mol. The number of amides is 1. The van der Waals surface area contributed by atoms with Gasteiger partial charge in [-0.2, -0.15) is 0 Å². The summed E-state index contributed by atoms with van der Waals surface area (Å²) in [5.74, 6) is 0.541. The third-order valence-corrected chi connectivity index (χ3v) is 5.37. The normalized spacial score (nSPS) is 16.4. The molecule has 7 heteroatoms. The van der Waals surface area contributed by atoms with Crippen LogP contribution in [0.5, 0.6) is 17.4 Å². The number of aromatic nitrogens is 1. The van der Waals surface area contributed by atoms with E-state index in [1.54, 1.807) is 4.57 Å². The van der Waals surface area contributed by atoms with Crippen LogP contribution in [0.4, 0.5) is 5.69 Å². The summed E-state index contributed by atoms with van der Waals surface area (Å²) in [4.78, 5) is 12.7. The number of aromatic hydroxyl groups is 1. The molecule has 1 aliphatic rings. The maximum Gasteiger partial charge on any atom is 0.308 e. The van der Waals surface area contributed by atoms with Gasteiger partial charge in [0, 0.05) is 11.4 Å². The number of fused-ring (bicyclic) bond motifs is 2. The predicted octanol–water partition coefficient (Wildman–Crippen LogP) is 5.68. The van der Waals surface area contributed by atoms with Gasteiger partial charge < -0.3 is 19.1 Å². The molecule has 1 atom stereocenters. The Morgan fingerprint density at radius 2 is 1.90 bits per heavy atom. The lowest BCUT2D eigenvalue weighted by atomic mass is 9.87. The van der Waals surface area contributed by atoms with Gasteiger partial charge in [0.1, 0.15) is 6.61 Å². The molecule has 3 aromatic rings. The van der Waals surface area contributed by atoms with E-state index >= 15 is 0 Å². The molecular formula is C24H27N3O4. The van der Waals surface area contributed by atoms with E-state index in [2.05, 4.69) is 31.0 Å². The first kappa shape index (κ1) is 20.9. The number of hydrogen-bond donors (Lipinski definition) is 1. The summed E-state index contributed by atoms with van der Waals surface area (Å²) in [5, 5.41) is 19.4. The van der Waals surface area contributed by atoms with Crippen molar-refractivity contribution in [3.8, 4) is 17.4 Å². The van der Waals surface area contributed by atoms with E-state index in [0.717, 1.165) is 16.5 Å². The smallest absolute Gasteiger partial charge is 0.308 e. The summed E-state index contributed by atoms with van der Waals surface area (Å²) >= 11 is 0. The van der Waals surface area contributed by atoms with E-state index in [9.17, 15) is 9.90 Å². The molecular weight excluding hydrogens is 394 g/mol. The second kappa shape index (κ2) is 7.72. The van der Waals surface area contributed by atoms with Gasteiger partial charge in [0.05, 0.1) is 5.52 Å². The third-order valence-electron chi connectivity index (χ3n) is 5.37. The van der Waals surface area contributed by atoms with Crippen molar-refractivity contribution in [2.45, 2.75) is 52.2 Å². The first-order valence-electron chi connectivity index (χ1n) is 10.4. The number of para-hydroxylation sites is 1. The van der Waals surface area contributed by atoms with E-state index < -0.39 is 12.0 Å². The van der Waals surface area contributed by atoms with E-state index in [4.69, 9.17) is 9.47 Å². The molecule has 0 saturated carbocycles. The lowest BCUT2D eigenvalue weighted by molar-refractivity contribution is -0.127. The van der Waals surface area contributed by atoms with Gasteiger partial charge >= 0.3 is 5.91 Å². The maximum absolute atomic E-state index is 12.7. The molecule has 2 heterocycles. The highest BCUT2D eigenvalue weighted by atomic mass is 16.6. The Balaban J connectivity index is 1.60. The molecule has 0 aliphatic carbocycles. The SMILES string of the molecule is CC(C)n1c(O)c(N=NC(=O)[C@H]2COc3ccc(C(C)(C)C)cc3O2)c2ccccc21. The fourth-order valence-corrected chi connectivity index (χ4v) is 3.68. The van der Waals surface area contributed by atoms with Crippen LogP contribution >= 0.6 is 0 Å². The van der Waals surface area contributed by atoms with Crippen LogP contribution in [-0.4, -0.2) is 28.3 Å². The largest absolute Gasteiger partial charge is 0.493 e. The number of nitrogens with zero attached hydrogens (tertiary/aromatic N) is 3. The average Bonchev–Trinajstić information content (AvgIpc) is 3.01. The molecule has 0 bridgehead atoms. The third kappa shape index (κ3) is 3.87. The lowest BCUT2D eigenvalue weighted by Gasteiger charge is -2.27. The van der Waals surface area contributed by atoms with Gasteiger partial charge in [-0.3, -0.25) is 4.79 Å². The number of ether oxygens (including phenoxy) is 2. The first-order valence-corrected chi connectivity index (χ1v) is 10.4. The Hall–Kier alpha value is -3.35. The number of carbonyl (C=O) groups excluding carboxylic acids is 1. The van der Waals surface area contributed by atoms with Crippen LogP contribution in [0.3, 0.4) is 0 Å². The average molecular weight is 421 g/mol. The van der Waals surface area contributed by atoms with Gasteiger partial charge in [-0.1, -0.05) is 45.0 Å². The first-order chi connectivity index (χ1) is 14.7. The second-order valence-corrected chi connectivity index (χ2v) is 9.02. The van der Waals surface area contributed by atoms with Crippen molar-refractivity contribution in [1.82, 2.24) is 4.57 Å². The van der Waals surface area contributed by atoms with E-state index in [1.165, 1.54) is 0 Å². The standard InChI is InChI=1S/C24H27N3O4/c1-14(2)27-17-9-7-6-8-16(17)21(23(27)29)25-26-22(28)20-13-30-18-11-10-15(24(3,4)5)12-19(18)31-20/h6-12,14,20,29H,13H2,1-5H3/t20-/m1/s1. The summed E-state index contributed by atoms with van der Waals surface area (Å²) in [5.41, 5.74) is 2.12. The second-order valence-electron chi connectivity index (χ2n) is 9.02. The number of benzene rings is 2. The molecule has 31 heavy (non-hydrogen) atoms. The molecule has 0 saturated heterocycles. The van der Waals surface area contributed by atoms with E-state index in [1.807, 2.05) is 56.3 Å². The van der Waals surface area contributed by atoms with Crippen LogP contribution in [-0.2, 0) is 10.2 Å². The fourth-order valence-electron chi connectivity index (χ4n) is 3.68. The van der Waals surface area contributed by atoms with Crippen LogP contribution in [0.15, 0.2) is 52.7 Å². The Morgan fingerprint density at radius 1 is 1.16 bits per heavy atom. The van der Waals surface area contributed by atoms with Crippen molar-refractivity contribution in [2.75, 3.05) is 6.61 Å². The number of carbonyl (C=O) groups is 1. The van der Waals surface area contributed by atoms with Crippen molar-refractivity contribution in [1.29, 1.82) is 0 Å². The molecule has 1 aromatic heterocycles. The minimum atomic E-state index is -0.896. The Morgan fingerprint density at radius 3 is 2.61 bits per heavy atom. The van der Waals surface area contributed by atoms with Gasteiger partial charge in [-0.25, -0.2) is 0 Å². The van der Waals surface area contributed by atoms with Gasteiger partial charge in [-0.05, 0) is 43.0 Å². The summed E-state index contributed by atoms with van der Waals surface area (Å²) in [6.45, 7) is 10.3.